The van der Waals surface area contributed by atoms with Crippen LogP contribution in [0, 0.1) is 18.3 Å². The van der Waals surface area contributed by atoms with Crippen molar-refractivity contribution in [2.75, 3.05) is 11.9 Å². The van der Waals surface area contributed by atoms with Crippen LogP contribution in [0.3, 0.4) is 0 Å². The number of nitrogens with one attached hydrogen (secondary N) is 2. The van der Waals surface area contributed by atoms with Crippen molar-refractivity contribution >= 4 is 17.7 Å². The van der Waals surface area contributed by atoms with Crippen molar-refractivity contribution in [3.05, 3.63) is 29.8 Å². The molecule has 0 heterocycles. The molecule has 1 aromatic rings. The van der Waals surface area contributed by atoms with E-state index in [-0.39, 0.29) is 6.03 Å². The maximum absolute atomic E-state index is 11.6. The van der Waals surface area contributed by atoms with Gasteiger partial charge in [0.15, 0.2) is 0 Å². The molecule has 0 fully saturated rings. The second-order valence-corrected chi connectivity index (χ2v) is 4.49. The number of anilines is 1. The number of terminal acetylenes is 1. The summed E-state index contributed by atoms with van der Waals surface area (Å²) >= 11 is 0. The first kappa shape index (κ1) is 15.6. The molecule has 20 heavy (non-hydrogen) atoms. The Balaban J connectivity index is 2.30. The van der Waals surface area contributed by atoms with Crippen LogP contribution in [0.1, 0.15) is 25.3 Å². The van der Waals surface area contributed by atoms with Crippen molar-refractivity contribution in [2.45, 2.75) is 19.8 Å². The Morgan fingerprint density at radius 1 is 1.45 bits per heavy atom. The molecule has 1 aromatic carbocycles. The maximum Gasteiger partial charge on any atom is 0.319 e. The Morgan fingerprint density at radius 3 is 2.85 bits per heavy atom. The number of benzene rings is 1. The first-order valence-corrected chi connectivity index (χ1v) is 6.37. The molecule has 5 heteroatoms. The monoisotopic (exact) mass is 274 g/mol. The van der Waals surface area contributed by atoms with Crippen LogP contribution < -0.4 is 10.6 Å². The third-order valence-electron chi connectivity index (χ3n) is 2.81. The topological polar surface area (TPSA) is 78.4 Å². The molecule has 0 aliphatic heterocycles. The zero-order valence-corrected chi connectivity index (χ0v) is 11.3. The standard InChI is InChI=1S/C15H18N2O3/c1-3-12-7-4-8-13(10-12)17-15(20)16-9-5-6-11(2)14(18)19/h1,4,7-8,10-11H,5-6,9H2,2H3,(H,18,19)(H2,16,17,20). The highest BCUT2D eigenvalue weighted by molar-refractivity contribution is 5.89. The van der Waals surface area contributed by atoms with Gasteiger partial charge in [-0.15, -0.1) is 6.42 Å². The fourth-order valence-electron chi connectivity index (χ4n) is 1.60. The fourth-order valence-corrected chi connectivity index (χ4v) is 1.60. The number of carboxylic acid groups (broad SMARTS) is 1. The predicted octanol–water partition coefficient (Wildman–Crippen LogP) is 2.29. The zero-order chi connectivity index (χ0) is 15.0. The van der Waals surface area contributed by atoms with Crippen LogP contribution >= 0.6 is 0 Å². The SMILES string of the molecule is C#Cc1cccc(NC(=O)NCCCC(C)C(=O)O)c1. The molecule has 0 saturated heterocycles. The van der Waals surface area contributed by atoms with E-state index in [2.05, 4.69) is 16.6 Å². The van der Waals surface area contributed by atoms with Gasteiger partial charge in [0.25, 0.3) is 0 Å². The van der Waals surface area contributed by atoms with E-state index < -0.39 is 11.9 Å². The molecule has 1 rings (SSSR count). The normalized spacial score (nSPS) is 11.2. The van der Waals surface area contributed by atoms with E-state index in [1.165, 1.54) is 0 Å². The highest BCUT2D eigenvalue weighted by Gasteiger charge is 2.10. The molecule has 0 aromatic heterocycles. The van der Waals surface area contributed by atoms with Crippen molar-refractivity contribution in [3.8, 4) is 12.3 Å². The van der Waals surface area contributed by atoms with Gasteiger partial charge in [0.2, 0.25) is 0 Å². The van der Waals surface area contributed by atoms with Crippen LogP contribution in [0.15, 0.2) is 24.3 Å². The number of hydrogen-bond acceptors (Lipinski definition) is 2. The molecule has 2 amide bonds. The molecule has 0 saturated carbocycles. The van der Waals surface area contributed by atoms with Crippen LogP contribution in [0.25, 0.3) is 0 Å². The number of carbonyl (C=O) groups excluding carboxylic acids is 1. The van der Waals surface area contributed by atoms with Gasteiger partial charge in [-0.05, 0) is 31.0 Å². The summed E-state index contributed by atoms with van der Waals surface area (Å²) in [6, 6.07) is 6.65. The minimum absolute atomic E-state index is 0.331. The zero-order valence-electron chi connectivity index (χ0n) is 11.3. The Morgan fingerprint density at radius 2 is 2.20 bits per heavy atom. The third-order valence-corrected chi connectivity index (χ3v) is 2.81. The van der Waals surface area contributed by atoms with Crippen molar-refractivity contribution in [3.63, 3.8) is 0 Å². The van der Waals surface area contributed by atoms with E-state index in [1.54, 1.807) is 31.2 Å². The van der Waals surface area contributed by atoms with Crippen molar-refractivity contribution in [2.24, 2.45) is 5.92 Å². The van der Waals surface area contributed by atoms with Gasteiger partial charge in [0.05, 0.1) is 5.92 Å². The van der Waals surface area contributed by atoms with Gasteiger partial charge in [-0.1, -0.05) is 18.9 Å². The maximum atomic E-state index is 11.6. The molecular weight excluding hydrogens is 256 g/mol. The quantitative estimate of drug-likeness (QED) is 0.550. The van der Waals surface area contributed by atoms with Crippen LogP contribution in [-0.4, -0.2) is 23.7 Å². The summed E-state index contributed by atoms with van der Waals surface area (Å²) in [6.07, 6.45) is 6.42. The molecule has 0 aliphatic rings. The fraction of sp³-hybridized carbons (Fsp3) is 0.333. The van der Waals surface area contributed by atoms with Crippen molar-refractivity contribution in [1.29, 1.82) is 0 Å². The van der Waals surface area contributed by atoms with Gasteiger partial charge in [0, 0.05) is 17.8 Å². The minimum atomic E-state index is -0.819. The van der Waals surface area contributed by atoms with Crippen molar-refractivity contribution in [1.82, 2.24) is 5.32 Å². The van der Waals surface area contributed by atoms with E-state index >= 15 is 0 Å². The number of aliphatic carboxylic acids is 1. The molecule has 106 valence electrons. The number of carboxylic acids is 1. The summed E-state index contributed by atoms with van der Waals surface area (Å²) in [7, 11) is 0. The molecule has 5 nitrogen and oxygen atoms in total. The molecule has 0 aliphatic carbocycles. The van der Waals surface area contributed by atoms with E-state index in [9.17, 15) is 9.59 Å². The number of amides is 2. The lowest BCUT2D eigenvalue weighted by atomic mass is 10.1. The van der Waals surface area contributed by atoms with Crippen LogP contribution in [0.5, 0.6) is 0 Å². The Labute approximate surface area is 118 Å². The smallest absolute Gasteiger partial charge is 0.319 e. The van der Waals surface area contributed by atoms with Crippen LogP contribution in [0.4, 0.5) is 10.5 Å². The number of hydrogen-bond donors (Lipinski definition) is 3. The summed E-state index contributed by atoms with van der Waals surface area (Å²) in [5, 5.41) is 14.1. The lowest BCUT2D eigenvalue weighted by Crippen LogP contribution is -2.29. The minimum Gasteiger partial charge on any atom is -0.481 e. The van der Waals surface area contributed by atoms with Crippen molar-refractivity contribution < 1.29 is 14.7 Å². The average Bonchev–Trinajstić information content (AvgIpc) is 2.43. The number of rotatable bonds is 6. The molecule has 3 N–H and O–H groups in total. The summed E-state index contributed by atoms with van der Waals surface area (Å²) in [6.45, 7) is 2.08. The molecule has 1 atom stereocenters. The van der Waals surface area contributed by atoms with Gasteiger partial charge in [-0.2, -0.15) is 0 Å². The van der Waals surface area contributed by atoms with E-state index in [0.717, 1.165) is 0 Å². The van der Waals surface area contributed by atoms with E-state index in [1.807, 2.05) is 0 Å². The summed E-state index contributed by atoms with van der Waals surface area (Å²) in [5.74, 6) is 1.27. The molecule has 1 unspecified atom stereocenters. The summed E-state index contributed by atoms with van der Waals surface area (Å²) < 4.78 is 0. The highest BCUT2D eigenvalue weighted by Crippen LogP contribution is 2.09. The largest absolute Gasteiger partial charge is 0.481 e. The van der Waals surface area contributed by atoms with Gasteiger partial charge in [-0.25, -0.2) is 4.79 Å². The third kappa shape index (κ3) is 5.44. The average molecular weight is 274 g/mol. The second-order valence-electron chi connectivity index (χ2n) is 4.49. The highest BCUT2D eigenvalue weighted by atomic mass is 16.4. The lowest BCUT2D eigenvalue weighted by Gasteiger charge is -2.09. The first-order chi connectivity index (χ1) is 9.52. The number of urea groups is 1. The van der Waals surface area contributed by atoms with Gasteiger partial charge in [-0.3, -0.25) is 4.79 Å². The molecule has 0 bridgehead atoms. The number of carbonyl (C=O) groups is 2. The summed E-state index contributed by atoms with van der Waals surface area (Å²) in [4.78, 5) is 22.2. The van der Waals surface area contributed by atoms with Gasteiger partial charge >= 0.3 is 12.0 Å². The Kier molecular flexibility index (Phi) is 6.11. The van der Waals surface area contributed by atoms with Gasteiger partial charge in [0.1, 0.15) is 0 Å². The van der Waals surface area contributed by atoms with E-state index in [0.29, 0.717) is 30.6 Å². The van der Waals surface area contributed by atoms with Crippen LogP contribution in [0.2, 0.25) is 0 Å². The Bertz CT molecular complexity index is 520. The first-order valence-electron chi connectivity index (χ1n) is 6.37. The van der Waals surface area contributed by atoms with Gasteiger partial charge < -0.3 is 15.7 Å². The van der Waals surface area contributed by atoms with E-state index in [4.69, 9.17) is 11.5 Å². The van der Waals surface area contributed by atoms with Crippen LogP contribution in [-0.2, 0) is 4.79 Å². The second kappa shape index (κ2) is 7.85. The molecule has 0 radical (unpaired) electrons. The molecule has 0 spiro atoms. The Hall–Kier alpha value is -2.48. The lowest BCUT2D eigenvalue weighted by molar-refractivity contribution is -0.141. The predicted molar refractivity (Wildman–Crippen MR) is 77.4 cm³/mol. The summed E-state index contributed by atoms with van der Waals surface area (Å²) in [5.41, 5.74) is 1.31. The molecular formula is C15H18N2O3.